The van der Waals surface area contributed by atoms with E-state index in [0.29, 0.717) is 6.04 Å². The molecule has 6 nitrogen and oxygen atoms in total. The number of rotatable bonds is 1. The lowest BCUT2D eigenvalue weighted by atomic mass is 10.1. The van der Waals surface area contributed by atoms with Crippen molar-refractivity contribution in [3.8, 4) is 5.69 Å². The van der Waals surface area contributed by atoms with Gasteiger partial charge >= 0.3 is 0 Å². The van der Waals surface area contributed by atoms with Crippen molar-refractivity contribution >= 4 is 5.82 Å². The molecule has 0 saturated carbocycles. The van der Waals surface area contributed by atoms with Gasteiger partial charge in [0.25, 0.3) is 0 Å². The van der Waals surface area contributed by atoms with E-state index in [0.717, 1.165) is 42.5 Å². The largest absolute Gasteiger partial charge is 0.344 e. The van der Waals surface area contributed by atoms with E-state index in [4.69, 9.17) is 0 Å². The first kappa shape index (κ1) is 9.99. The van der Waals surface area contributed by atoms with Gasteiger partial charge in [-0.15, -0.1) is 10.2 Å². The Kier molecular flexibility index (Phi) is 1.95. The summed E-state index contributed by atoms with van der Waals surface area (Å²) < 4.78 is 2.14. The second kappa shape index (κ2) is 3.51. The van der Waals surface area contributed by atoms with Crippen molar-refractivity contribution in [1.82, 2.24) is 24.7 Å². The molecule has 2 aromatic rings. The molecule has 1 fully saturated rings. The number of hydrogen-bond donors (Lipinski definition) is 0. The molecule has 0 aromatic carbocycles. The van der Waals surface area contributed by atoms with E-state index in [2.05, 4.69) is 36.6 Å². The van der Waals surface area contributed by atoms with Gasteiger partial charge in [0.1, 0.15) is 17.8 Å². The lowest BCUT2D eigenvalue weighted by Crippen LogP contribution is -2.31. The summed E-state index contributed by atoms with van der Waals surface area (Å²) in [5.74, 6) is 3.06. The maximum atomic E-state index is 4.45. The molecule has 1 unspecified atom stereocenters. The van der Waals surface area contributed by atoms with E-state index in [9.17, 15) is 0 Å². The SMILES string of the molecule is CCc1nnc2n1-c1cncnc1N1CCCC21. The van der Waals surface area contributed by atoms with Crippen molar-refractivity contribution in [3.05, 3.63) is 24.2 Å². The minimum absolute atomic E-state index is 0.334. The summed E-state index contributed by atoms with van der Waals surface area (Å²) in [6, 6.07) is 0.334. The summed E-state index contributed by atoms with van der Waals surface area (Å²) in [5.41, 5.74) is 1.02. The first-order valence-corrected chi connectivity index (χ1v) is 6.41. The first-order chi connectivity index (χ1) is 8.90. The monoisotopic (exact) mass is 242 g/mol. The lowest BCUT2D eigenvalue weighted by Gasteiger charge is -2.32. The zero-order chi connectivity index (χ0) is 12.1. The van der Waals surface area contributed by atoms with Crippen LogP contribution in [0.5, 0.6) is 0 Å². The number of hydrogen-bond acceptors (Lipinski definition) is 5. The van der Waals surface area contributed by atoms with Crippen molar-refractivity contribution in [2.45, 2.75) is 32.2 Å². The second-order valence-electron chi connectivity index (χ2n) is 4.75. The van der Waals surface area contributed by atoms with E-state index in [1.807, 2.05) is 6.20 Å². The van der Waals surface area contributed by atoms with Crippen LogP contribution in [0.3, 0.4) is 0 Å². The van der Waals surface area contributed by atoms with Gasteiger partial charge in [-0.3, -0.25) is 4.57 Å². The van der Waals surface area contributed by atoms with Crippen LogP contribution >= 0.6 is 0 Å². The fraction of sp³-hybridized carbons (Fsp3) is 0.500. The van der Waals surface area contributed by atoms with Gasteiger partial charge in [0.15, 0.2) is 11.6 Å². The molecule has 0 bridgehead atoms. The van der Waals surface area contributed by atoms with Crippen LogP contribution < -0.4 is 4.90 Å². The Bertz CT molecular complexity index is 604. The molecular formula is C12H14N6. The van der Waals surface area contributed by atoms with E-state index < -0.39 is 0 Å². The Morgan fingerprint density at radius 2 is 2.33 bits per heavy atom. The maximum absolute atomic E-state index is 4.45. The molecule has 92 valence electrons. The number of aryl methyl sites for hydroxylation is 1. The van der Waals surface area contributed by atoms with Crippen molar-refractivity contribution in [2.75, 3.05) is 11.4 Å². The zero-order valence-electron chi connectivity index (χ0n) is 10.2. The molecular weight excluding hydrogens is 228 g/mol. The van der Waals surface area contributed by atoms with Crippen LogP contribution in [0.25, 0.3) is 5.69 Å². The van der Waals surface area contributed by atoms with Gasteiger partial charge in [0.2, 0.25) is 0 Å². The molecule has 2 aliphatic rings. The Hall–Kier alpha value is -1.98. The molecule has 18 heavy (non-hydrogen) atoms. The predicted molar refractivity (Wildman–Crippen MR) is 65.6 cm³/mol. The molecule has 0 aliphatic carbocycles. The van der Waals surface area contributed by atoms with Gasteiger partial charge in [0, 0.05) is 13.0 Å². The highest BCUT2D eigenvalue weighted by Gasteiger charge is 2.38. The van der Waals surface area contributed by atoms with E-state index in [1.165, 1.54) is 6.42 Å². The summed E-state index contributed by atoms with van der Waals surface area (Å²) in [7, 11) is 0. The van der Waals surface area contributed by atoms with Gasteiger partial charge in [-0.05, 0) is 12.8 Å². The van der Waals surface area contributed by atoms with Crippen molar-refractivity contribution < 1.29 is 0 Å². The Morgan fingerprint density at radius 3 is 3.22 bits per heavy atom. The minimum Gasteiger partial charge on any atom is -0.344 e. The van der Waals surface area contributed by atoms with Crippen molar-refractivity contribution in [3.63, 3.8) is 0 Å². The summed E-state index contributed by atoms with van der Waals surface area (Å²) in [5, 5.41) is 8.69. The third-order valence-corrected chi connectivity index (χ3v) is 3.81. The Balaban J connectivity index is 2.02. The smallest absolute Gasteiger partial charge is 0.160 e. The Morgan fingerprint density at radius 1 is 1.39 bits per heavy atom. The quantitative estimate of drug-likeness (QED) is 0.753. The van der Waals surface area contributed by atoms with Crippen LogP contribution in [-0.2, 0) is 6.42 Å². The first-order valence-electron chi connectivity index (χ1n) is 6.41. The lowest BCUT2D eigenvalue weighted by molar-refractivity contribution is 0.615. The van der Waals surface area contributed by atoms with Crippen molar-refractivity contribution in [1.29, 1.82) is 0 Å². The normalized spacial score (nSPS) is 20.5. The third-order valence-electron chi connectivity index (χ3n) is 3.81. The minimum atomic E-state index is 0.334. The molecule has 6 heteroatoms. The molecule has 0 N–H and O–H groups in total. The summed E-state index contributed by atoms with van der Waals surface area (Å²) in [6.07, 6.45) is 6.67. The fourth-order valence-electron chi connectivity index (χ4n) is 3.02. The second-order valence-corrected chi connectivity index (χ2v) is 4.75. The molecule has 4 rings (SSSR count). The van der Waals surface area contributed by atoms with Crippen LogP contribution in [0.1, 0.15) is 37.5 Å². The highest BCUT2D eigenvalue weighted by molar-refractivity contribution is 5.61. The van der Waals surface area contributed by atoms with E-state index >= 15 is 0 Å². The number of fused-ring (bicyclic) bond motifs is 6. The summed E-state index contributed by atoms with van der Waals surface area (Å²) in [4.78, 5) is 10.9. The zero-order valence-corrected chi connectivity index (χ0v) is 10.2. The standard InChI is InChI=1S/C12H14N6/c1-2-10-15-16-12-8-4-3-5-17(8)11-9(18(10)12)6-13-7-14-11/h6-8H,2-5H2,1H3. The third kappa shape index (κ3) is 1.12. The topological polar surface area (TPSA) is 59.7 Å². The summed E-state index contributed by atoms with van der Waals surface area (Å²) >= 11 is 0. The number of nitrogens with zero attached hydrogens (tertiary/aromatic N) is 6. The average Bonchev–Trinajstić information content (AvgIpc) is 3.05. The molecule has 2 aromatic heterocycles. The molecule has 1 atom stereocenters. The number of anilines is 1. The van der Waals surface area contributed by atoms with Gasteiger partial charge < -0.3 is 4.90 Å². The fourth-order valence-corrected chi connectivity index (χ4v) is 3.02. The van der Waals surface area contributed by atoms with Crippen LogP contribution in [0.15, 0.2) is 12.5 Å². The van der Waals surface area contributed by atoms with Crippen LogP contribution in [0, 0.1) is 0 Å². The Labute approximate surface area is 105 Å². The molecule has 0 radical (unpaired) electrons. The van der Waals surface area contributed by atoms with Gasteiger partial charge in [-0.2, -0.15) is 0 Å². The molecule has 2 aliphatic heterocycles. The highest BCUT2D eigenvalue weighted by Crippen LogP contribution is 2.42. The summed E-state index contributed by atoms with van der Waals surface area (Å²) in [6.45, 7) is 3.14. The number of aromatic nitrogens is 5. The van der Waals surface area contributed by atoms with Crippen LogP contribution in [0.4, 0.5) is 5.82 Å². The average molecular weight is 242 g/mol. The van der Waals surface area contributed by atoms with E-state index in [1.54, 1.807) is 6.33 Å². The van der Waals surface area contributed by atoms with Crippen LogP contribution in [-0.4, -0.2) is 31.3 Å². The highest BCUT2D eigenvalue weighted by atomic mass is 15.4. The predicted octanol–water partition coefficient (Wildman–Crippen LogP) is 1.27. The van der Waals surface area contributed by atoms with Gasteiger partial charge in [0.05, 0.1) is 12.2 Å². The van der Waals surface area contributed by atoms with Crippen LogP contribution in [0.2, 0.25) is 0 Å². The van der Waals surface area contributed by atoms with Gasteiger partial charge in [-0.1, -0.05) is 6.92 Å². The maximum Gasteiger partial charge on any atom is 0.160 e. The van der Waals surface area contributed by atoms with Gasteiger partial charge in [-0.25, -0.2) is 9.97 Å². The molecule has 0 amide bonds. The molecule has 4 heterocycles. The van der Waals surface area contributed by atoms with Crippen molar-refractivity contribution in [2.24, 2.45) is 0 Å². The molecule has 1 saturated heterocycles. The molecule has 0 spiro atoms. The van der Waals surface area contributed by atoms with E-state index in [-0.39, 0.29) is 0 Å².